The topological polar surface area (TPSA) is 54.1 Å². The molecule has 4 nitrogen and oxygen atoms in total. The van der Waals surface area contributed by atoms with E-state index in [1.165, 1.54) is 18.4 Å². The van der Waals surface area contributed by atoms with Gasteiger partial charge in [0.25, 0.3) is 0 Å². The van der Waals surface area contributed by atoms with Crippen LogP contribution in [-0.4, -0.2) is 24.2 Å². The van der Waals surface area contributed by atoms with Gasteiger partial charge in [-0.25, -0.2) is 0 Å². The van der Waals surface area contributed by atoms with Crippen molar-refractivity contribution in [3.8, 4) is 5.75 Å². The van der Waals surface area contributed by atoms with Crippen molar-refractivity contribution in [1.29, 1.82) is 0 Å². The summed E-state index contributed by atoms with van der Waals surface area (Å²) in [6, 6.07) is 5.57. The van der Waals surface area contributed by atoms with Crippen molar-refractivity contribution in [1.82, 2.24) is 10.3 Å². The molecule has 0 aliphatic carbocycles. The highest BCUT2D eigenvalue weighted by atomic mass is 35.5. The van der Waals surface area contributed by atoms with E-state index < -0.39 is 0 Å². The van der Waals surface area contributed by atoms with E-state index in [-0.39, 0.29) is 24.1 Å². The number of unbranched alkanes of at least 4 members (excludes halogenated alkanes) is 1. The van der Waals surface area contributed by atoms with Gasteiger partial charge in [-0.2, -0.15) is 0 Å². The molecule has 3 rings (SSSR count). The van der Waals surface area contributed by atoms with E-state index in [1.807, 2.05) is 13.0 Å². The average Bonchev–Trinajstić information content (AvgIpc) is 2.87. The second kappa shape index (κ2) is 7.16. The van der Waals surface area contributed by atoms with Gasteiger partial charge in [-0.3, -0.25) is 4.79 Å². The highest BCUT2D eigenvalue weighted by Gasteiger charge is 2.25. The SMILES string of the molecule is CCCCNCC1Cc2cc(C)c3[nH]c(=O)ccc3c2O1.Cl. The van der Waals surface area contributed by atoms with Crippen LogP contribution < -0.4 is 15.6 Å². The lowest BCUT2D eigenvalue weighted by atomic mass is 10.0. The van der Waals surface area contributed by atoms with E-state index in [0.717, 1.165) is 41.7 Å². The molecule has 1 aromatic carbocycles. The number of hydrogen-bond donors (Lipinski definition) is 2. The summed E-state index contributed by atoms with van der Waals surface area (Å²) in [5.74, 6) is 0.939. The summed E-state index contributed by atoms with van der Waals surface area (Å²) in [5.41, 5.74) is 3.17. The normalized spacial score (nSPS) is 16.2. The van der Waals surface area contributed by atoms with Crippen LogP contribution in [0.1, 0.15) is 30.9 Å². The minimum absolute atomic E-state index is 0. The summed E-state index contributed by atoms with van der Waals surface area (Å²) < 4.78 is 6.11. The van der Waals surface area contributed by atoms with Gasteiger partial charge in [0, 0.05) is 24.4 Å². The first-order valence-electron chi connectivity index (χ1n) is 7.72. The fourth-order valence-corrected chi connectivity index (χ4v) is 2.97. The third-order valence-corrected chi connectivity index (χ3v) is 4.05. The first kappa shape index (κ1) is 16.8. The van der Waals surface area contributed by atoms with Crippen molar-refractivity contribution >= 4 is 23.3 Å². The predicted octanol–water partition coefficient (Wildman–Crippen LogP) is 2.95. The number of benzene rings is 1. The van der Waals surface area contributed by atoms with Gasteiger partial charge < -0.3 is 15.0 Å². The number of rotatable bonds is 5. The van der Waals surface area contributed by atoms with Crippen LogP contribution in [0.3, 0.4) is 0 Å². The maximum Gasteiger partial charge on any atom is 0.248 e. The Hall–Kier alpha value is -1.52. The van der Waals surface area contributed by atoms with Crippen LogP contribution in [0.4, 0.5) is 0 Å². The number of nitrogens with one attached hydrogen (secondary N) is 2. The fraction of sp³-hybridized carbons (Fsp3) is 0.471. The number of aromatic nitrogens is 1. The molecule has 0 radical (unpaired) electrons. The molecule has 22 heavy (non-hydrogen) atoms. The third kappa shape index (κ3) is 3.28. The summed E-state index contributed by atoms with van der Waals surface area (Å²) >= 11 is 0. The summed E-state index contributed by atoms with van der Waals surface area (Å²) in [5, 5.41) is 4.47. The molecule has 2 aromatic rings. The van der Waals surface area contributed by atoms with Crippen LogP contribution in [0.15, 0.2) is 23.0 Å². The molecule has 0 bridgehead atoms. The van der Waals surface area contributed by atoms with Gasteiger partial charge in [0.2, 0.25) is 5.56 Å². The molecule has 0 fully saturated rings. The maximum atomic E-state index is 11.5. The van der Waals surface area contributed by atoms with E-state index in [1.54, 1.807) is 6.07 Å². The van der Waals surface area contributed by atoms with Crippen LogP contribution >= 0.6 is 12.4 Å². The van der Waals surface area contributed by atoms with Crippen LogP contribution in [0, 0.1) is 6.92 Å². The zero-order valence-electron chi connectivity index (χ0n) is 13.1. The van der Waals surface area contributed by atoms with Crippen LogP contribution in [0.25, 0.3) is 10.9 Å². The van der Waals surface area contributed by atoms with E-state index in [2.05, 4.69) is 23.3 Å². The van der Waals surface area contributed by atoms with E-state index in [0.29, 0.717) is 0 Å². The number of aromatic amines is 1. The standard InChI is InChI=1S/C17H22N2O2.ClH/c1-3-4-7-18-10-13-9-12-8-11(2)16-14(17(12)21-13)5-6-15(20)19-16;/h5-6,8,13,18H,3-4,7,9-10H2,1-2H3,(H,19,20);1H. The van der Waals surface area contributed by atoms with Gasteiger partial charge in [0.05, 0.1) is 5.52 Å². The number of H-pyrrole nitrogens is 1. The molecule has 1 aromatic heterocycles. The number of halogens is 1. The van der Waals surface area contributed by atoms with Crippen molar-refractivity contribution in [3.63, 3.8) is 0 Å². The monoisotopic (exact) mass is 322 g/mol. The minimum atomic E-state index is -0.0682. The average molecular weight is 323 g/mol. The number of hydrogen-bond acceptors (Lipinski definition) is 3. The Kier molecular flexibility index (Phi) is 5.48. The molecule has 0 saturated carbocycles. The van der Waals surface area contributed by atoms with Gasteiger partial charge in [-0.15, -0.1) is 12.4 Å². The molecule has 1 aliphatic rings. The quantitative estimate of drug-likeness (QED) is 0.832. The Bertz CT molecular complexity index is 712. The van der Waals surface area contributed by atoms with Gasteiger partial charge in [0.15, 0.2) is 0 Å². The number of fused-ring (bicyclic) bond motifs is 3. The molecular weight excluding hydrogens is 300 g/mol. The van der Waals surface area contributed by atoms with Gasteiger partial charge in [-0.1, -0.05) is 19.4 Å². The first-order valence-corrected chi connectivity index (χ1v) is 7.72. The van der Waals surface area contributed by atoms with Crippen molar-refractivity contribution < 1.29 is 4.74 Å². The summed E-state index contributed by atoms with van der Waals surface area (Å²) in [4.78, 5) is 14.4. The third-order valence-electron chi connectivity index (χ3n) is 4.05. The van der Waals surface area contributed by atoms with Gasteiger partial charge in [-0.05, 0) is 37.1 Å². The highest BCUT2D eigenvalue weighted by molar-refractivity contribution is 5.89. The zero-order valence-corrected chi connectivity index (χ0v) is 13.9. The summed E-state index contributed by atoms with van der Waals surface area (Å²) in [6.45, 7) is 6.14. The zero-order chi connectivity index (χ0) is 14.8. The van der Waals surface area contributed by atoms with Crippen molar-refractivity contribution in [2.75, 3.05) is 13.1 Å². The summed E-state index contributed by atoms with van der Waals surface area (Å²) in [6.07, 6.45) is 3.53. The lowest BCUT2D eigenvalue weighted by molar-refractivity contribution is 0.230. The summed E-state index contributed by atoms with van der Waals surface area (Å²) in [7, 11) is 0. The van der Waals surface area contributed by atoms with Gasteiger partial charge in [0.1, 0.15) is 11.9 Å². The molecule has 1 unspecified atom stereocenters. The van der Waals surface area contributed by atoms with E-state index in [4.69, 9.17) is 4.74 Å². The second-order valence-electron chi connectivity index (χ2n) is 5.79. The second-order valence-corrected chi connectivity index (χ2v) is 5.79. The predicted molar refractivity (Wildman–Crippen MR) is 92.5 cm³/mol. The minimum Gasteiger partial charge on any atom is -0.488 e. The molecule has 1 aliphatic heterocycles. The molecule has 0 spiro atoms. The van der Waals surface area contributed by atoms with Crippen molar-refractivity contribution in [2.24, 2.45) is 0 Å². The number of pyridine rings is 1. The molecule has 2 heterocycles. The van der Waals surface area contributed by atoms with Gasteiger partial charge >= 0.3 is 0 Å². The first-order chi connectivity index (χ1) is 10.2. The molecule has 0 saturated heterocycles. The molecule has 2 N–H and O–H groups in total. The van der Waals surface area contributed by atoms with E-state index in [9.17, 15) is 4.79 Å². The molecule has 1 atom stereocenters. The Morgan fingerprint density at radius 3 is 3.00 bits per heavy atom. The molecule has 0 amide bonds. The Balaban J connectivity index is 0.00000176. The van der Waals surface area contributed by atoms with Crippen LogP contribution in [0.5, 0.6) is 5.75 Å². The molecule has 5 heteroatoms. The van der Waals surface area contributed by atoms with Crippen LogP contribution in [0.2, 0.25) is 0 Å². The Morgan fingerprint density at radius 2 is 2.23 bits per heavy atom. The largest absolute Gasteiger partial charge is 0.488 e. The van der Waals surface area contributed by atoms with E-state index >= 15 is 0 Å². The Morgan fingerprint density at radius 1 is 1.41 bits per heavy atom. The van der Waals surface area contributed by atoms with Crippen molar-refractivity contribution in [3.05, 3.63) is 39.7 Å². The van der Waals surface area contributed by atoms with Crippen molar-refractivity contribution in [2.45, 2.75) is 39.2 Å². The number of ether oxygens (including phenoxy) is 1. The lowest BCUT2D eigenvalue weighted by Gasteiger charge is -2.12. The number of aryl methyl sites for hydroxylation is 1. The smallest absolute Gasteiger partial charge is 0.248 e. The maximum absolute atomic E-state index is 11.5. The molecular formula is C17H23ClN2O2. The highest BCUT2D eigenvalue weighted by Crippen LogP contribution is 2.36. The lowest BCUT2D eigenvalue weighted by Crippen LogP contribution is -2.30. The molecule has 120 valence electrons. The fourth-order valence-electron chi connectivity index (χ4n) is 2.97. The Labute approximate surface area is 136 Å². The van der Waals surface area contributed by atoms with Crippen LogP contribution in [-0.2, 0) is 6.42 Å².